The Bertz CT molecular complexity index is 125. The summed E-state index contributed by atoms with van der Waals surface area (Å²) in [6.07, 6.45) is 0. The molecule has 5 N–H and O–H groups in total. The van der Waals surface area contributed by atoms with Crippen LogP contribution in [0.4, 0.5) is 0 Å². The van der Waals surface area contributed by atoms with Crippen LogP contribution < -0.4 is 0 Å². The Hall–Kier alpha value is 0.438. The molecule has 7 nitrogen and oxygen atoms in total. The van der Waals surface area contributed by atoms with E-state index in [0.717, 1.165) is 0 Å². The van der Waals surface area contributed by atoms with Crippen molar-refractivity contribution in [3.05, 3.63) is 0 Å². The van der Waals surface area contributed by atoms with Crippen molar-refractivity contribution in [2.24, 2.45) is 0 Å². The molecule has 0 aromatic rings. The van der Waals surface area contributed by atoms with Crippen molar-refractivity contribution in [3.63, 3.8) is 0 Å². The summed E-state index contributed by atoms with van der Waals surface area (Å²) in [5.74, 6) is 0. The molecule has 0 radical (unpaired) electrons. The minimum Gasteiger partial charge on any atom is -0.402 e. The molecule has 10 heavy (non-hydrogen) atoms. The van der Waals surface area contributed by atoms with Crippen molar-refractivity contribution in [3.8, 4) is 0 Å². The maximum Gasteiger partial charge on any atom is 0.631 e. The molecule has 0 rings (SSSR count). The zero-order valence-corrected chi connectivity index (χ0v) is 8.53. The zero-order chi connectivity index (χ0) is 8.08. The second-order valence-corrected chi connectivity index (χ2v) is 1.69. The molecular formula is H5BO7SZn. The smallest absolute Gasteiger partial charge is 0.402 e. The topological polar surface area (TPSA) is 135 Å². The minimum atomic E-state index is -4.67. The Kier molecular flexibility index (Phi) is 12.7. The van der Waals surface area contributed by atoms with Gasteiger partial charge in [0.05, 0.1) is 0 Å². The Morgan fingerprint density at radius 2 is 1.00 bits per heavy atom. The molecule has 0 heterocycles. The predicted octanol–water partition coefficient (Wildman–Crippen LogP) is -2.71. The second kappa shape index (κ2) is 7.54. The first-order valence-corrected chi connectivity index (χ1v) is 2.87. The molecule has 0 atom stereocenters. The van der Waals surface area contributed by atoms with E-state index in [1.54, 1.807) is 0 Å². The van der Waals surface area contributed by atoms with E-state index in [1.807, 2.05) is 0 Å². The predicted molar refractivity (Wildman–Crippen MR) is 26.6 cm³/mol. The molecule has 0 amide bonds. The van der Waals surface area contributed by atoms with E-state index >= 15 is 0 Å². The van der Waals surface area contributed by atoms with Gasteiger partial charge >= 0.3 is 17.7 Å². The van der Waals surface area contributed by atoms with Gasteiger partial charge in [-0.1, -0.05) is 0 Å². The molecular weight excluding hydrogens is 220 g/mol. The summed E-state index contributed by atoms with van der Waals surface area (Å²) in [4.78, 5) is 0. The van der Waals surface area contributed by atoms with Crippen LogP contribution in [-0.4, -0.2) is 39.9 Å². The van der Waals surface area contributed by atoms with Crippen LogP contribution in [-0.2, 0) is 29.9 Å². The van der Waals surface area contributed by atoms with E-state index in [0.29, 0.717) is 0 Å². The summed E-state index contributed by atoms with van der Waals surface area (Å²) in [5, 5.41) is 21.5. The van der Waals surface area contributed by atoms with Crippen molar-refractivity contribution in [1.82, 2.24) is 0 Å². The molecule has 0 spiro atoms. The van der Waals surface area contributed by atoms with Gasteiger partial charge in [-0.2, -0.15) is 8.42 Å². The van der Waals surface area contributed by atoms with E-state index in [-0.39, 0.29) is 19.5 Å². The van der Waals surface area contributed by atoms with Crippen molar-refractivity contribution < 1.29 is 52.1 Å². The Labute approximate surface area is 70.2 Å². The van der Waals surface area contributed by atoms with Gasteiger partial charge in [0.25, 0.3) is 0 Å². The molecule has 0 saturated carbocycles. The number of hydrogen-bond acceptors (Lipinski definition) is 5. The van der Waals surface area contributed by atoms with Gasteiger partial charge in [-0.05, 0) is 0 Å². The van der Waals surface area contributed by atoms with Crippen LogP contribution in [0.25, 0.3) is 0 Å². The van der Waals surface area contributed by atoms with Gasteiger partial charge in [0.1, 0.15) is 0 Å². The van der Waals surface area contributed by atoms with Gasteiger partial charge in [-0.3, -0.25) is 9.11 Å². The summed E-state index contributed by atoms with van der Waals surface area (Å²) in [6, 6.07) is 0. The van der Waals surface area contributed by atoms with Crippen molar-refractivity contribution in [2.45, 2.75) is 0 Å². The quantitative estimate of drug-likeness (QED) is 0.223. The Morgan fingerprint density at radius 3 is 1.00 bits per heavy atom. The largest absolute Gasteiger partial charge is 0.631 e. The summed E-state index contributed by atoms with van der Waals surface area (Å²) in [6.45, 7) is 0. The fourth-order valence-electron chi connectivity index (χ4n) is 0. The van der Waals surface area contributed by atoms with E-state index in [1.165, 1.54) is 0 Å². The van der Waals surface area contributed by atoms with Crippen LogP contribution >= 0.6 is 0 Å². The average Bonchev–Trinajstić information content (AvgIpc) is 1.19. The zero-order valence-electron chi connectivity index (χ0n) is 4.75. The molecule has 0 aliphatic carbocycles. The molecule has 0 saturated heterocycles. The van der Waals surface area contributed by atoms with Crippen LogP contribution in [0, 0.1) is 0 Å². The third-order valence-corrected chi connectivity index (χ3v) is 0. The minimum absolute atomic E-state index is 0. The first-order valence-electron chi connectivity index (χ1n) is 1.47. The third-order valence-electron chi connectivity index (χ3n) is 0. The van der Waals surface area contributed by atoms with Crippen molar-refractivity contribution in [1.29, 1.82) is 0 Å². The molecule has 0 aliphatic heterocycles. The fourth-order valence-corrected chi connectivity index (χ4v) is 0. The summed E-state index contributed by atoms with van der Waals surface area (Å²) in [7, 11) is -6.83. The standard InChI is InChI=1S/BH3O3.H2O4S.Zn/c2-1(3)4;1-5(2,3)4;/h2-4H;(H2,1,2,3,4);. The SMILES string of the molecule is O=S(=O)(O)O.OB(O)O.[Zn]. The van der Waals surface area contributed by atoms with Crippen molar-refractivity contribution >= 4 is 17.7 Å². The third kappa shape index (κ3) is 2430. The van der Waals surface area contributed by atoms with E-state index in [4.69, 9.17) is 32.6 Å². The number of hydrogen-bond donors (Lipinski definition) is 5. The van der Waals surface area contributed by atoms with Crippen LogP contribution in [0.1, 0.15) is 0 Å². The van der Waals surface area contributed by atoms with Gasteiger partial charge in [0, 0.05) is 19.5 Å². The maximum atomic E-state index is 8.74. The van der Waals surface area contributed by atoms with Gasteiger partial charge in [-0.15, -0.1) is 0 Å². The molecule has 0 bridgehead atoms. The molecule has 58 valence electrons. The normalized spacial score (nSPS) is 8.50. The molecule has 0 aromatic carbocycles. The first-order chi connectivity index (χ1) is 3.73. The van der Waals surface area contributed by atoms with Crippen LogP contribution in [0.15, 0.2) is 0 Å². The first kappa shape index (κ1) is 16.8. The molecule has 10 heteroatoms. The van der Waals surface area contributed by atoms with E-state index in [9.17, 15) is 0 Å². The summed E-state index contributed by atoms with van der Waals surface area (Å²) < 4.78 is 31.6. The van der Waals surface area contributed by atoms with E-state index < -0.39 is 17.7 Å². The van der Waals surface area contributed by atoms with Gasteiger partial charge in [0.15, 0.2) is 0 Å². The summed E-state index contributed by atoms with van der Waals surface area (Å²) in [5.41, 5.74) is 0. The fraction of sp³-hybridized carbons (Fsp3) is 0. The van der Waals surface area contributed by atoms with E-state index in [2.05, 4.69) is 0 Å². The maximum absolute atomic E-state index is 8.74. The summed E-state index contributed by atoms with van der Waals surface area (Å²) >= 11 is 0. The monoisotopic (exact) mass is 224 g/mol. The van der Waals surface area contributed by atoms with Crippen LogP contribution in [0.5, 0.6) is 0 Å². The number of rotatable bonds is 0. The Morgan fingerprint density at radius 1 is 1.00 bits per heavy atom. The second-order valence-electron chi connectivity index (χ2n) is 0.794. The Balaban J connectivity index is -0.0000000910. The average molecular weight is 225 g/mol. The molecule has 0 unspecified atom stereocenters. The molecule has 0 fully saturated rings. The van der Waals surface area contributed by atoms with Crippen molar-refractivity contribution in [2.75, 3.05) is 0 Å². The van der Waals surface area contributed by atoms with Gasteiger partial charge in [0.2, 0.25) is 0 Å². The van der Waals surface area contributed by atoms with Crippen LogP contribution in [0.2, 0.25) is 0 Å². The molecule has 0 aliphatic rings. The van der Waals surface area contributed by atoms with Gasteiger partial charge < -0.3 is 15.1 Å². The van der Waals surface area contributed by atoms with Crippen LogP contribution in [0.3, 0.4) is 0 Å². The van der Waals surface area contributed by atoms with Gasteiger partial charge in [-0.25, -0.2) is 0 Å². The molecule has 0 aromatic heterocycles.